The van der Waals surface area contributed by atoms with Crippen LogP contribution in [0.2, 0.25) is 0 Å². The first-order valence-corrected chi connectivity index (χ1v) is 11.2. The van der Waals surface area contributed by atoms with Gasteiger partial charge in [-0.1, -0.05) is 18.2 Å². The maximum absolute atomic E-state index is 13.0. The Kier molecular flexibility index (Phi) is 7.05. The van der Waals surface area contributed by atoms with E-state index in [0.717, 1.165) is 34.4 Å². The number of halogens is 3. The van der Waals surface area contributed by atoms with E-state index in [0.29, 0.717) is 29.1 Å². The molecule has 0 spiro atoms. The lowest BCUT2D eigenvalue weighted by atomic mass is 9.99. The fourth-order valence-corrected chi connectivity index (χ4v) is 3.86. The first kappa shape index (κ1) is 24.9. The average Bonchev–Trinajstić information content (AvgIpc) is 3.26. The molecule has 0 aliphatic rings. The Labute approximate surface area is 206 Å². The zero-order valence-corrected chi connectivity index (χ0v) is 19.9. The number of ether oxygens (including phenoxy) is 2. The van der Waals surface area contributed by atoms with Crippen LogP contribution in [0, 0.1) is 0 Å². The summed E-state index contributed by atoms with van der Waals surface area (Å²) in [6.45, 7) is 3.98. The number of hydrogen-bond donors (Lipinski definition) is 1. The van der Waals surface area contributed by atoms with E-state index in [1.165, 1.54) is 18.2 Å². The van der Waals surface area contributed by atoms with Crippen molar-refractivity contribution in [3.8, 4) is 22.6 Å². The molecular formula is C28H24F3NO4. The maximum Gasteiger partial charge on any atom is 0.416 e. The molecule has 3 aromatic carbocycles. The summed E-state index contributed by atoms with van der Waals surface area (Å²) in [6.07, 6.45) is -1.51. The van der Waals surface area contributed by atoms with Crippen LogP contribution >= 0.6 is 0 Å². The molecule has 1 amide bonds. The molecule has 4 rings (SSSR count). The number of rotatable bonds is 7. The van der Waals surface area contributed by atoms with Crippen molar-refractivity contribution in [2.24, 2.45) is 0 Å². The molecule has 0 bridgehead atoms. The number of allylic oxidation sites excluding steroid dienone is 1. The summed E-state index contributed by atoms with van der Waals surface area (Å²) in [6, 6.07) is 15.7. The van der Waals surface area contributed by atoms with Crippen LogP contribution in [0.15, 0.2) is 77.4 Å². The highest BCUT2D eigenvalue weighted by molar-refractivity contribution is 6.05. The van der Waals surface area contributed by atoms with Crippen LogP contribution in [-0.2, 0) is 11.0 Å². The smallest absolute Gasteiger partial charge is 0.416 e. The lowest BCUT2D eigenvalue weighted by Gasteiger charge is -2.12. The predicted octanol–water partition coefficient (Wildman–Crippen LogP) is 7.57. The van der Waals surface area contributed by atoms with Gasteiger partial charge >= 0.3 is 6.18 Å². The molecule has 0 saturated heterocycles. The SMILES string of the molecule is CCOc1cc2occ(-c3ccc(OC)cc3)c2cc1/C(C)=C/C(=O)Nc1cccc(C(F)(F)F)c1. The molecule has 0 aliphatic heterocycles. The van der Waals surface area contributed by atoms with Gasteiger partial charge in [0.05, 0.1) is 25.5 Å². The van der Waals surface area contributed by atoms with Gasteiger partial charge in [0, 0.05) is 34.3 Å². The highest BCUT2D eigenvalue weighted by Crippen LogP contribution is 2.38. The molecule has 5 nitrogen and oxygen atoms in total. The van der Waals surface area contributed by atoms with Crippen molar-refractivity contribution in [1.29, 1.82) is 0 Å². The topological polar surface area (TPSA) is 60.7 Å². The second-order valence-corrected chi connectivity index (χ2v) is 8.05. The molecule has 1 N–H and O–H groups in total. The Bertz CT molecular complexity index is 1420. The lowest BCUT2D eigenvalue weighted by molar-refractivity contribution is -0.137. The van der Waals surface area contributed by atoms with Crippen molar-refractivity contribution in [3.05, 3.63) is 84.1 Å². The molecule has 8 heteroatoms. The summed E-state index contributed by atoms with van der Waals surface area (Å²) in [5.74, 6) is 0.703. The number of nitrogens with one attached hydrogen (secondary N) is 1. The minimum Gasteiger partial charge on any atom is -0.497 e. The van der Waals surface area contributed by atoms with E-state index in [-0.39, 0.29) is 5.69 Å². The van der Waals surface area contributed by atoms with Crippen molar-refractivity contribution >= 4 is 28.1 Å². The summed E-state index contributed by atoms with van der Waals surface area (Å²) in [4.78, 5) is 12.6. The van der Waals surface area contributed by atoms with Gasteiger partial charge in [-0.2, -0.15) is 13.2 Å². The number of anilines is 1. The fraction of sp³-hybridized carbons (Fsp3) is 0.179. The monoisotopic (exact) mass is 495 g/mol. The Hall–Kier alpha value is -4.20. The normalized spacial score (nSPS) is 12.0. The van der Waals surface area contributed by atoms with E-state index in [4.69, 9.17) is 13.9 Å². The van der Waals surface area contributed by atoms with E-state index in [1.54, 1.807) is 26.4 Å². The molecule has 0 fully saturated rings. The largest absolute Gasteiger partial charge is 0.497 e. The van der Waals surface area contributed by atoms with Crippen LogP contribution in [0.25, 0.3) is 27.7 Å². The number of hydrogen-bond acceptors (Lipinski definition) is 4. The molecule has 1 aromatic heterocycles. The molecule has 0 saturated carbocycles. The third-order valence-electron chi connectivity index (χ3n) is 5.61. The zero-order chi connectivity index (χ0) is 25.9. The van der Waals surface area contributed by atoms with Crippen LogP contribution < -0.4 is 14.8 Å². The number of alkyl halides is 3. The molecule has 1 heterocycles. The maximum atomic E-state index is 13.0. The van der Waals surface area contributed by atoms with Gasteiger partial charge in [-0.15, -0.1) is 0 Å². The van der Waals surface area contributed by atoms with E-state index >= 15 is 0 Å². The number of furan rings is 1. The third kappa shape index (κ3) is 5.38. The van der Waals surface area contributed by atoms with Crippen molar-refractivity contribution in [1.82, 2.24) is 0 Å². The van der Waals surface area contributed by atoms with Gasteiger partial charge < -0.3 is 19.2 Å². The molecule has 4 aromatic rings. The minimum absolute atomic E-state index is 0.0518. The number of carbonyl (C=O) groups is 1. The first-order valence-electron chi connectivity index (χ1n) is 11.2. The Morgan fingerprint density at radius 3 is 2.50 bits per heavy atom. The van der Waals surface area contributed by atoms with Crippen LogP contribution in [-0.4, -0.2) is 19.6 Å². The lowest BCUT2D eigenvalue weighted by Crippen LogP contribution is -2.11. The van der Waals surface area contributed by atoms with Crippen LogP contribution in [0.3, 0.4) is 0 Å². The van der Waals surface area contributed by atoms with Gasteiger partial charge in [0.15, 0.2) is 0 Å². The van der Waals surface area contributed by atoms with Crippen molar-refractivity contribution in [2.75, 3.05) is 19.0 Å². The number of methoxy groups -OCH3 is 1. The Morgan fingerprint density at radius 2 is 1.83 bits per heavy atom. The van der Waals surface area contributed by atoms with Gasteiger partial charge in [0.25, 0.3) is 0 Å². The summed E-state index contributed by atoms with van der Waals surface area (Å²) in [7, 11) is 1.60. The molecular weight excluding hydrogens is 471 g/mol. The van der Waals surface area contributed by atoms with Gasteiger partial charge in [-0.05, 0) is 61.4 Å². The summed E-state index contributed by atoms with van der Waals surface area (Å²) >= 11 is 0. The van der Waals surface area contributed by atoms with Crippen molar-refractivity contribution < 1.29 is 31.9 Å². The predicted molar refractivity (Wildman–Crippen MR) is 133 cm³/mol. The second-order valence-electron chi connectivity index (χ2n) is 8.05. The Morgan fingerprint density at radius 1 is 1.08 bits per heavy atom. The molecule has 0 aliphatic carbocycles. The van der Waals surface area contributed by atoms with Crippen LogP contribution in [0.1, 0.15) is 25.0 Å². The minimum atomic E-state index is -4.50. The van der Waals surface area contributed by atoms with Gasteiger partial charge in [-0.3, -0.25) is 4.79 Å². The van der Waals surface area contributed by atoms with Crippen molar-refractivity contribution in [3.63, 3.8) is 0 Å². The molecule has 186 valence electrons. The Balaban J connectivity index is 1.68. The molecule has 0 radical (unpaired) electrons. The number of carbonyl (C=O) groups excluding carboxylic acids is 1. The van der Waals surface area contributed by atoms with Crippen molar-refractivity contribution in [2.45, 2.75) is 20.0 Å². The van der Waals surface area contributed by atoms with Gasteiger partial charge in [0.2, 0.25) is 5.91 Å². The molecule has 36 heavy (non-hydrogen) atoms. The summed E-state index contributed by atoms with van der Waals surface area (Å²) < 4.78 is 55.8. The average molecular weight is 495 g/mol. The summed E-state index contributed by atoms with van der Waals surface area (Å²) in [5, 5.41) is 3.32. The zero-order valence-electron chi connectivity index (χ0n) is 19.9. The van der Waals surface area contributed by atoms with E-state index in [1.807, 2.05) is 37.3 Å². The van der Waals surface area contributed by atoms with Crippen LogP contribution in [0.5, 0.6) is 11.5 Å². The molecule has 0 atom stereocenters. The van der Waals surface area contributed by atoms with Crippen LogP contribution in [0.4, 0.5) is 18.9 Å². The van der Waals surface area contributed by atoms with Gasteiger partial charge in [0.1, 0.15) is 17.1 Å². The number of fused-ring (bicyclic) bond motifs is 1. The number of benzene rings is 3. The van der Waals surface area contributed by atoms with E-state index in [9.17, 15) is 18.0 Å². The second kappa shape index (κ2) is 10.2. The highest BCUT2D eigenvalue weighted by Gasteiger charge is 2.30. The van der Waals surface area contributed by atoms with E-state index in [2.05, 4.69) is 5.32 Å². The molecule has 0 unspecified atom stereocenters. The third-order valence-corrected chi connectivity index (χ3v) is 5.61. The quantitative estimate of drug-likeness (QED) is 0.269. The van der Waals surface area contributed by atoms with Gasteiger partial charge in [-0.25, -0.2) is 0 Å². The van der Waals surface area contributed by atoms with E-state index < -0.39 is 17.6 Å². The number of amides is 1. The first-order chi connectivity index (χ1) is 17.2. The standard InChI is InChI=1S/C28H24F3NO4/c1-4-35-25-15-26-23(24(16-36-26)18-8-10-21(34-3)11-9-18)14-22(25)17(2)12-27(33)32-20-7-5-6-19(13-20)28(29,30)31/h5-16H,4H2,1-3H3,(H,32,33)/b17-12+. The summed E-state index contributed by atoms with van der Waals surface area (Å²) in [5.41, 5.74) is 2.86. The highest BCUT2D eigenvalue weighted by atomic mass is 19.4. The fourth-order valence-electron chi connectivity index (χ4n) is 3.86.